The van der Waals surface area contributed by atoms with Crippen LogP contribution in [0.5, 0.6) is 0 Å². The number of hydrazone groups is 1. The van der Waals surface area contributed by atoms with E-state index in [1.807, 2.05) is 36.4 Å². The van der Waals surface area contributed by atoms with E-state index in [-0.39, 0.29) is 43.5 Å². The fourth-order valence-corrected chi connectivity index (χ4v) is 4.40. The smallest absolute Gasteiger partial charge is 0.257 e. The van der Waals surface area contributed by atoms with Gasteiger partial charge in [0.05, 0.1) is 18.5 Å². The summed E-state index contributed by atoms with van der Waals surface area (Å²) in [5.41, 5.74) is 1.75. The number of amides is 1. The molecule has 1 aromatic carbocycles. The standard InChI is InChI=1S/C22H26ClN3O4/c23-18-5-3-15(4-6-18)19-10-20(21-2-1-9-30-21)26(24-19)22(29)12-25-8-7-16(11-25)17(13-27)14-28/h1-6,9,16-17,20,27-28H,7-8,10-14H2/t16-,20-/m1/s1. The lowest BCUT2D eigenvalue weighted by atomic mass is 9.93. The van der Waals surface area contributed by atoms with E-state index in [9.17, 15) is 15.0 Å². The summed E-state index contributed by atoms with van der Waals surface area (Å²) >= 11 is 6.00. The number of rotatable bonds is 7. The van der Waals surface area contributed by atoms with Crippen LogP contribution in [0.15, 0.2) is 52.2 Å². The van der Waals surface area contributed by atoms with Crippen LogP contribution in [0.4, 0.5) is 0 Å². The first-order chi connectivity index (χ1) is 14.6. The average molecular weight is 432 g/mol. The minimum Gasteiger partial charge on any atom is -0.467 e. The van der Waals surface area contributed by atoms with E-state index in [0.717, 1.165) is 24.2 Å². The third kappa shape index (κ3) is 4.44. The molecule has 0 radical (unpaired) electrons. The van der Waals surface area contributed by atoms with E-state index in [2.05, 4.69) is 10.0 Å². The second-order valence-electron chi connectivity index (χ2n) is 7.94. The number of aliphatic hydroxyl groups excluding tert-OH is 2. The Morgan fingerprint density at radius 2 is 2.00 bits per heavy atom. The van der Waals surface area contributed by atoms with E-state index in [1.165, 1.54) is 5.01 Å². The molecule has 1 fully saturated rings. The highest BCUT2D eigenvalue weighted by Crippen LogP contribution is 2.34. The molecule has 0 bridgehead atoms. The maximum atomic E-state index is 13.2. The zero-order chi connectivity index (χ0) is 21.1. The van der Waals surface area contributed by atoms with Crippen molar-refractivity contribution in [1.82, 2.24) is 9.91 Å². The van der Waals surface area contributed by atoms with Crippen LogP contribution >= 0.6 is 11.6 Å². The van der Waals surface area contributed by atoms with Crippen LogP contribution in [0.25, 0.3) is 0 Å². The van der Waals surface area contributed by atoms with Gasteiger partial charge in [-0.3, -0.25) is 9.69 Å². The molecule has 0 aliphatic carbocycles. The van der Waals surface area contributed by atoms with Crippen molar-refractivity contribution in [2.75, 3.05) is 32.8 Å². The summed E-state index contributed by atoms with van der Waals surface area (Å²) in [6.07, 6.45) is 3.04. The fraction of sp³-hybridized carbons (Fsp3) is 0.455. The summed E-state index contributed by atoms with van der Waals surface area (Å²) in [6.45, 7) is 1.62. The van der Waals surface area contributed by atoms with Crippen LogP contribution < -0.4 is 0 Å². The van der Waals surface area contributed by atoms with Gasteiger partial charge in [-0.2, -0.15) is 5.10 Å². The number of furan rings is 1. The highest BCUT2D eigenvalue weighted by Gasteiger charge is 2.37. The van der Waals surface area contributed by atoms with Crippen molar-refractivity contribution in [3.8, 4) is 0 Å². The molecule has 2 aromatic rings. The van der Waals surface area contributed by atoms with Crippen LogP contribution in [0.3, 0.4) is 0 Å². The van der Waals surface area contributed by atoms with E-state index in [0.29, 0.717) is 23.7 Å². The zero-order valence-corrected chi connectivity index (χ0v) is 17.4. The van der Waals surface area contributed by atoms with Crippen molar-refractivity contribution in [3.63, 3.8) is 0 Å². The monoisotopic (exact) mass is 431 g/mol. The van der Waals surface area contributed by atoms with Crippen molar-refractivity contribution in [2.24, 2.45) is 16.9 Å². The normalized spacial score (nSPS) is 22.1. The van der Waals surface area contributed by atoms with Gasteiger partial charge in [0.1, 0.15) is 11.8 Å². The molecular formula is C22H26ClN3O4. The van der Waals surface area contributed by atoms with E-state index >= 15 is 0 Å². The molecule has 0 saturated carbocycles. The Hall–Kier alpha value is -2.19. The molecule has 1 saturated heterocycles. The van der Waals surface area contributed by atoms with E-state index in [4.69, 9.17) is 16.0 Å². The van der Waals surface area contributed by atoms with Gasteiger partial charge in [-0.25, -0.2) is 5.01 Å². The highest BCUT2D eigenvalue weighted by molar-refractivity contribution is 6.30. The number of benzene rings is 1. The van der Waals surface area contributed by atoms with Crippen molar-refractivity contribution in [2.45, 2.75) is 18.9 Å². The van der Waals surface area contributed by atoms with Crippen molar-refractivity contribution < 1.29 is 19.4 Å². The maximum Gasteiger partial charge on any atom is 0.257 e. The van der Waals surface area contributed by atoms with Gasteiger partial charge < -0.3 is 14.6 Å². The Morgan fingerprint density at radius 3 is 2.67 bits per heavy atom. The first-order valence-electron chi connectivity index (χ1n) is 10.2. The molecule has 7 nitrogen and oxygen atoms in total. The van der Waals surface area contributed by atoms with Gasteiger partial charge in [-0.15, -0.1) is 0 Å². The Labute approximate surface area is 180 Å². The quantitative estimate of drug-likeness (QED) is 0.703. The van der Waals surface area contributed by atoms with Gasteiger partial charge in [0.25, 0.3) is 5.91 Å². The number of carbonyl (C=O) groups excluding carboxylic acids is 1. The van der Waals surface area contributed by atoms with Crippen molar-refractivity contribution >= 4 is 23.2 Å². The summed E-state index contributed by atoms with van der Waals surface area (Å²) in [5.74, 6) is 0.671. The molecule has 2 aliphatic heterocycles. The van der Waals surface area contributed by atoms with Crippen LogP contribution in [0.2, 0.25) is 5.02 Å². The number of hydrogen-bond acceptors (Lipinski definition) is 6. The third-order valence-electron chi connectivity index (χ3n) is 6.02. The molecule has 2 aliphatic rings. The second kappa shape index (κ2) is 9.31. The number of hydrogen-bond donors (Lipinski definition) is 2. The molecular weight excluding hydrogens is 406 g/mol. The molecule has 0 spiro atoms. The molecule has 30 heavy (non-hydrogen) atoms. The molecule has 2 N–H and O–H groups in total. The van der Waals surface area contributed by atoms with Crippen LogP contribution in [-0.4, -0.2) is 64.6 Å². The summed E-state index contributed by atoms with van der Waals surface area (Å²) in [7, 11) is 0. The Morgan fingerprint density at radius 1 is 1.23 bits per heavy atom. The predicted molar refractivity (Wildman–Crippen MR) is 113 cm³/mol. The van der Waals surface area contributed by atoms with Gasteiger partial charge in [-0.05, 0) is 48.7 Å². The topological polar surface area (TPSA) is 89.5 Å². The molecule has 4 rings (SSSR count). The lowest BCUT2D eigenvalue weighted by molar-refractivity contribution is -0.134. The van der Waals surface area contributed by atoms with Gasteiger partial charge in [0.2, 0.25) is 0 Å². The van der Waals surface area contributed by atoms with Crippen molar-refractivity contribution in [1.29, 1.82) is 0 Å². The number of carbonyl (C=O) groups is 1. The van der Waals surface area contributed by atoms with E-state index < -0.39 is 0 Å². The largest absolute Gasteiger partial charge is 0.467 e. The SMILES string of the molecule is O=C(CN1CC[C@@H](C(CO)CO)C1)N1N=C(c2ccc(Cl)cc2)C[C@@H]1c1ccco1. The summed E-state index contributed by atoms with van der Waals surface area (Å²) in [4.78, 5) is 15.2. The number of nitrogens with zero attached hydrogens (tertiary/aromatic N) is 3. The second-order valence-corrected chi connectivity index (χ2v) is 8.37. The molecule has 1 aromatic heterocycles. The summed E-state index contributed by atoms with van der Waals surface area (Å²) in [5, 5.41) is 25.7. The molecule has 2 atom stereocenters. The third-order valence-corrected chi connectivity index (χ3v) is 6.27. The molecule has 8 heteroatoms. The fourth-order valence-electron chi connectivity index (χ4n) is 4.27. The predicted octanol–water partition coefficient (Wildman–Crippen LogP) is 2.53. The highest BCUT2D eigenvalue weighted by atomic mass is 35.5. The minimum absolute atomic E-state index is 0.0373. The minimum atomic E-state index is -0.279. The summed E-state index contributed by atoms with van der Waals surface area (Å²) < 4.78 is 5.59. The van der Waals surface area contributed by atoms with Crippen molar-refractivity contribution in [3.05, 3.63) is 59.0 Å². The van der Waals surface area contributed by atoms with Crippen LogP contribution in [0, 0.1) is 11.8 Å². The average Bonchev–Trinajstić information content (AvgIpc) is 3.50. The van der Waals surface area contributed by atoms with E-state index in [1.54, 1.807) is 6.26 Å². The number of aliphatic hydroxyl groups is 2. The van der Waals surface area contributed by atoms with Crippen LogP contribution in [-0.2, 0) is 4.79 Å². The molecule has 160 valence electrons. The van der Waals surface area contributed by atoms with Gasteiger partial charge in [-0.1, -0.05) is 23.7 Å². The van der Waals surface area contributed by atoms with Gasteiger partial charge >= 0.3 is 0 Å². The van der Waals surface area contributed by atoms with Gasteiger partial charge in [0, 0.05) is 37.1 Å². The molecule has 3 heterocycles. The first kappa shape index (κ1) is 21.1. The Bertz CT molecular complexity index is 880. The Balaban J connectivity index is 1.49. The first-order valence-corrected chi connectivity index (χ1v) is 10.6. The lowest BCUT2D eigenvalue weighted by Gasteiger charge is -2.24. The number of halogens is 1. The molecule has 1 amide bonds. The summed E-state index contributed by atoms with van der Waals surface area (Å²) in [6, 6.07) is 10.8. The molecule has 0 unspecified atom stereocenters. The lowest BCUT2D eigenvalue weighted by Crippen LogP contribution is -2.37. The van der Waals surface area contributed by atoms with Crippen LogP contribution in [0.1, 0.15) is 30.2 Å². The zero-order valence-electron chi connectivity index (χ0n) is 16.7. The Kier molecular flexibility index (Phi) is 6.53. The number of likely N-dealkylation sites (tertiary alicyclic amines) is 1. The maximum absolute atomic E-state index is 13.2. The van der Waals surface area contributed by atoms with Gasteiger partial charge in [0.15, 0.2) is 0 Å².